The quantitative estimate of drug-likeness (QED) is 0.813. The second kappa shape index (κ2) is 6.15. The van der Waals surface area contributed by atoms with Gasteiger partial charge in [-0.05, 0) is 54.7 Å². The van der Waals surface area contributed by atoms with Gasteiger partial charge in [-0.25, -0.2) is 0 Å². The Morgan fingerprint density at radius 3 is 2.37 bits per heavy atom. The summed E-state index contributed by atoms with van der Waals surface area (Å²) in [7, 11) is 0. The smallest absolute Gasteiger partial charge is 0.226 e. The average Bonchev–Trinajstić information content (AvgIpc) is 2.20. The number of thiocarbonyl (C=S) groups is 1. The van der Waals surface area contributed by atoms with Crippen LogP contribution >= 0.6 is 12.2 Å². The number of nitrogens with one attached hydrogen (secondary N) is 2. The van der Waals surface area contributed by atoms with Gasteiger partial charge >= 0.3 is 0 Å². The van der Waals surface area contributed by atoms with Crippen LogP contribution in [0.3, 0.4) is 0 Å². The summed E-state index contributed by atoms with van der Waals surface area (Å²) in [4.78, 5) is 11.7. The third-order valence-corrected chi connectivity index (χ3v) is 2.91. The van der Waals surface area contributed by atoms with E-state index in [1.54, 1.807) is 0 Å². The minimum absolute atomic E-state index is 0.0415. The Hall–Kier alpha value is -1.42. The molecule has 1 aromatic rings. The van der Waals surface area contributed by atoms with Gasteiger partial charge in [-0.2, -0.15) is 0 Å². The molecule has 0 aliphatic rings. The first-order chi connectivity index (χ1) is 8.67. The number of amides is 1. The molecule has 104 valence electrons. The highest BCUT2D eigenvalue weighted by atomic mass is 32.1. The Morgan fingerprint density at radius 2 is 1.84 bits per heavy atom. The van der Waals surface area contributed by atoms with Gasteiger partial charge in [0.1, 0.15) is 0 Å². The molecule has 1 amide bonds. The Balaban J connectivity index is 2.56. The van der Waals surface area contributed by atoms with Gasteiger partial charge in [0.2, 0.25) is 5.91 Å². The van der Waals surface area contributed by atoms with Crippen molar-refractivity contribution in [1.29, 1.82) is 0 Å². The first kappa shape index (κ1) is 15.6. The lowest BCUT2D eigenvalue weighted by molar-refractivity contribution is -0.121. The number of hydrogen-bond acceptors (Lipinski definition) is 2. The van der Waals surface area contributed by atoms with Crippen LogP contribution in [0.5, 0.6) is 0 Å². The molecule has 0 aliphatic carbocycles. The normalized spacial score (nSPS) is 11.0. The van der Waals surface area contributed by atoms with Gasteiger partial charge in [0.05, 0.1) is 0 Å². The number of rotatable bonds is 2. The molecule has 0 unspecified atom stereocenters. The Bertz CT molecular complexity index is 489. The molecular formula is C15H22N2OS. The van der Waals surface area contributed by atoms with Crippen molar-refractivity contribution < 1.29 is 4.79 Å². The van der Waals surface area contributed by atoms with E-state index in [2.05, 4.69) is 17.6 Å². The lowest BCUT2D eigenvalue weighted by Gasteiger charge is -2.18. The minimum atomic E-state index is -0.0613. The van der Waals surface area contributed by atoms with Crippen LogP contribution in [0.15, 0.2) is 18.2 Å². The molecule has 2 N–H and O–H groups in total. The van der Waals surface area contributed by atoms with E-state index in [1.807, 2.05) is 45.9 Å². The Kier molecular flexibility index (Phi) is 5.06. The maximum absolute atomic E-state index is 11.7. The molecule has 0 radical (unpaired) electrons. The summed E-state index contributed by atoms with van der Waals surface area (Å²) >= 11 is 5.13. The zero-order valence-electron chi connectivity index (χ0n) is 12.3. The van der Waals surface area contributed by atoms with Crippen molar-refractivity contribution in [2.24, 2.45) is 5.41 Å². The fraction of sp³-hybridized carbons (Fsp3) is 0.467. The molecule has 19 heavy (non-hydrogen) atoms. The maximum atomic E-state index is 11.7. The molecule has 4 heteroatoms. The molecule has 0 atom stereocenters. The first-order valence-corrected chi connectivity index (χ1v) is 6.76. The summed E-state index contributed by atoms with van der Waals surface area (Å²) in [5.41, 5.74) is 3.27. The zero-order valence-corrected chi connectivity index (χ0v) is 13.1. The van der Waals surface area contributed by atoms with Crippen molar-refractivity contribution in [3.05, 3.63) is 29.3 Å². The number of hydrogen-bond donors (Lipinski definition) is 2. The highest BCUT2D eigenvalue weighted by molar-refractivity contribution is 7.80. The van der Waals surface area contributed by atoms with Crippen molar-refractivity contribution in [2.45, 2.75) is 41.0 Å². The van der Waals surface area contributed by atoms with E-state index in [9.17, 15) is 4.79 Å². The van der Waals surface area contributed by atoms with Crippen molar-refractivity contribution >= 4 is 28.9 Å². The van der Waals surface area contributed by atoms with Crippen molar-refractivity contribution in [3.63, 3.8) is 0 Å². The Morgan fingerprint density at radius 1 is 1.21 bits per heavy atom. The van der Waals surface area contributed by atoms with E-state index < -0.39 is 0 Å². The molecule has 0 bridgehead atoms. The molecule has 1 rings (SSSR count). The van der Waals surface area contributed by atoms with Crippen LogP contribution in [0.25, 0.3) is 0 Å². The van der Waals surface area contributed by atoms with Gasteiger partial charge in [-0.3, -0.25) is 4.79 Å². The van der Waals surface area contributed by atoms with Crippen LogP contribution in [0.4, 0.5) is 5.69 Å². The number of anilines is 1. The van der Waals surface area contributed by atoms with Gasteiger partial charge in [0, 0.05) is 12.1 Å². The highest BCUT2D eigenvalue weighted by Crippen LogP contribution is 2.18. The van der Waals surface area contributed by atoms with Crippen LogP contribution in [0, 0.1) is 19.3 Å². The van der Waals surface area contributed by atoms with Crippen molar-refractivity contribution in [3.8, 4) is 0 Å². The van der Waals surface area contributed by atoms with E-state index in [0.29, 0.717) is 11.5 Å². The fourth-order valence-electron chi connectivity index (χ4n) is 1.63. The summed E-state index contributed by atoms with van der Waals surface area (Å²) in [5, 5.41) is 6.07. The van der Waals surface area contributed by atoms with Gasteiger partial charge in [-0.15, -0.1) is 0 Å². The predicted octanol–water partition coefficient (Wildman–Crippen LogP) is 3.55. The zero-order chi connectivity index (χ0) is 14.6. The fourth-order valence-corrected chi connectivity index (χ4v) is 1.87. The summed E-state index contributed by atoms with van der Waals surface area (Å²) in [6.45, 7) is 10.2. The number of aryl methyl sites for hydroxylation is 2. The van der Waals surface area contributed by atoms with Crippen LogP contribution in [0.2, 0.25) is 0 Å². The number of benzene rings is 1. The van der Waals surface area contributed by atoms with Gasteiger partial charge in [0.15, 0.2) is 5.11 Å². The number of carbonyl (C=O) groups excluding carboxylic acids is 1. The standard InChI is InChI=1S/C15H22N2OS/c1-10-6-7-12(8-11(10)2)16-14(19)17-13(18)9-15(3,4)5/h6-8H,9H2,1-5H3,(H2,16,17,18,19). The van der Waals surface area contributed by atoms with E-state index in [-0.39, 0.29) is 11.3 Å². The van der Waals surface area contributed by atoms with Crippen LogP contribution in [-0.4, -0.2) is 11.0 Å². The van der Waals surface area contributed by atoms with Gasteiger partial charge in [-0.1, -0.05) is 26.8 Å². The largest absolute Gasteiger partial charge is 0.332 e. The Labute approximate surface area is 120 Å². The number of carbonyl (C=O) groups is 1. The topological polar surface area (TPSA) is 41.1 Å². The van der Waals surface area contributed by atoms with Gasteiger partial charge in [0.25, 0.3) is 0 Å². The van der Waals surface area contributed by atoms with Crippen molar-refractivity contribution in [1.82, 2.24) is 5.32 Å². The van der Waals surface area contributed by atoms with Crippen molar-refractivity contribution in [2.75, 3.05) is 5.32 Å². The maximum Gasteiger partial charge on any atom is 0.226 e. The lowest BCUT2D eigenvalue weighted by Crippen LogP contribution is -2.36. The summed E-state index contributed by atoms with van der Waals surface area (Å²) in [6, 6.07) is 5.99. The minimum Gasteiger partial charge on any atom is -0.332 e. The molecule has 0 aliphatic heterocycles. The SMILES string of the molecule is Cc1ccc(NC(=S)NC(=O)CC(C)(C)C)cc1C. The molecule has 1 aromatic carbocycles. The molecule has 0 saturated heterocycles. The summed E-state index contributed by atoms with van der Waals surface area (Å²) in [6.07, 6.45) is 0.446. The summed E-state index contributed by atoms with van der Waals surface area (Å²) in [5.74, 6) is -0.0613. The van der Waals surface area contributed by atoms with E-state index >= 15 is 0 Å². The molecule has 0 aromatic heterocycles. The second-order valence-electron chi connectivity index (χ2n) is 6.04. The van der Waals surface area contributed by atoms with E-state index in [1.165, 1.54) is 11.1 Å². The third kappa shape index (κ3) is 5.83. The van der Waals surface area contributed by atoms with Gasteiger partial charge < -0.3 is 10.6 Å². The van der Waals surface area contributed by atoms with Crippen LogP contribution < -0.4 is 10.6 Å². The summed E-state index contributed by atoms with van der Waals surface area (Å²) < 4.78 is 0. The van der Waals surface area contributed by atoms with E-state index in [4.69, 9.17) is 12.2 Å². The molecule has 0 fully saturated rings. The van der Waals surface area contributed by atoms with E-state index in [0.717, 1.165) is 5.69 Å². The molecule has 0 saturated carbocycles. The second-order valence-corrected chi connectivity index (χ2v) is 6.45. The molecule has 3 nitrogen and oxygen atoms in total. The molecular weight excluding hydrogens is 256 g/mol. The molecule has 0 heterocycles. The van der Waals surface area contributed by atoms with Crippen LogP contribution in [-0.2, 0) is 4.79 Å². The average molecular weight is 278 g/mol. The molecule has 0 spiro atoms. The first-order valence-electron chi connectivity index (χ1n) is 6.35. The predicted molar refractivity (Wildman–Crippen MR) is 84.4 cm³/mol. The lowest BCUT2D eigenvalue weighted by atomic mass is 9.92. The van der Waals surface area contributed by atoms with Crippen LogP contribution in [0.1, 0.15) is 38.3 Å². The monoisotopic (exact) mass is 278 g/mol. The highest BCUT2D eigenvalue weighted by Gasteiger charge is 2.16. The third-order valence-electron chi connectivity index (χ3n) is 2.71.